The second-order valence-corrected chi connectivity index (χ2v) is 2.65. The van der Waals surface area contributed by atoms with Crippen molar-refractivity contribution < 1.29 is 9.90 Å². The lowest BCUT2D eigenvalue weighted by Gasteiger charge is -2.08. The molecule has 0 aliphatic heterocycles. The average molecular weight is 130 g/mol. The van der Waals surface area contributed by atoms with Crippen LogP contribution in [0.5, 0.6) is 0 Å². The summed E-state index contributed by atoms with van der Waals surface area (Å²) in [5, 5.41) is 7.38. The molecule has 1 N–H and O–H groups in total. The van der Waals surface area contributed by atoms with E-state index in [2.05, 4.69) is 0 Å². The molecule has 0 radical (unpaired) electrons. The Kier molecular flexibility index (Phi) is 1.58. The van der Waals surface area contributed by atoms with Crippen LogP contribution >= 0.6 is 11.8 Å². The number of allylic oxidation sites excluding steroid dienone is 2. The Balaban J connectivity index is 2.29. The Morgan fingerprint density at radius 1 is 1.88 bits per heavy atom. The van der Waals surface area contributed by atoms with E-state index in [9.17, 15) is 4.79 Å². The van der Waals surface area contributed by atoms with Gasteiger partial charge in [0.05, 0.1) is 0 Å². The van der Waals surface area contributed by atoms with Crippen LogP contribution in [0.3, 0.4) is 0 Å². The molecule has 0 spiro atoms. The lowest BCUT2D eigenvalue weighted by molar-refractivity contribution is 0.222. The quantitative estimate of drug-likeness (QED) is 0.590. The van der Waals surface area contributed by atoms with Crippen molar-refractivity contribution in [3.8, 4) is 0 Å². The average Bonchev–Trinajstić information content (AvgIpc) is 1.55. The summed E-state index contributed by atoms with van der Waals surface area (Å²) in [6, 6.07) is 0. The summed E-state index contributed by atoms with van der Waals surface area (Å²) in [6.07, 6.45) is 3.95. The first-order valence-electron chi connectivity index (χ1n) is 2.39. The molecule has 3 heteroatoms. The van der Waals surface area contributed by atoms with Crippen LogP contribution in [0.1, 0.15) is 12.8 Å². The van der Waals surface area contributed by atoms with Crippen LogP contribution in [0.15, 0.2) is 11.0 Å². The molecular weight excluding hydrogens is 124 g/mol. The van der Waals surface area contributed by atoms with Gasteiger partial charge in [0.15, 0.2) is 0 Å². The largest absolute Gasteiger partial charge is 0.473 e. The molecule has 44 valence electrons. The van der Waals surface area contributed by atoms with Gasteiger partial charge in [-0.05, 0) is 29.5 Å². The SMILES string of the molecule is O=C(O)SC1=CCC1. The van der Waals surface area contributed by atoms with Crippen molar-refractivity contribution >= 4 is 17.1 Å². The van der Waals surface area contributed by atoms with Crippen molar-refractivity contribution in [2.24, 2.45) is 0 Å². The summed E-state index contributed by atoms with van der Waals surface area (Å²) in [4.78, 5) is 10.9. The highest BCUT2D eigenvalue weighted by Gasteiger charge is 2.09. The molecule has 0 heterocycles. The van der Waals surface area contributed by atoms with Gasteiger partial charge in [0.2, 0.25) is 0 Å². The van der Waals surface area contributed by atoms with E-state index in [1.165, 1.54) is 0 Å². The zero-order chi connectivity index (χ0) is 5.98. The van der Waals surface area contributed by atoms with E-state index in [-0.39, 0.29) is 0 Å². The number of carbonyl (C=O) groups is 1. The monoisotopic (exact) mass is 130 g/mol. The molecule has 1 aliphatic rings. The molecule has 0 aromatic heterocycles. The van der Waals surface area contributed by atoms with Crippen molar-refractivity contribution in [2.45, 2.75) is 12.8 Å². The van der Waals surface area contributed by atoms with Gasteiger partial charge >= 0.3 is 5.30 Å². The Labute approximate surface area is 51.6 Å². The number of carboxylic acid groups (broad SMARTS) is 1. The first-order valence-corrected chi connectivity index (χ1v) is 3.20. The number of hydrogen-bond acceptors (Lipinski definition) is 2. The molecule has 0 atom stereocenters. The van der Waals surface area contributed by atoms with E-state index < -0.39 is 5.30 Å². The lowest BCUT2D eigenvalue weighted by atomic mass is 10.1. The standard InChI is InChI=1S/C5H6O2S/c6-5(7)8-4-2-1-3-4/h2H,1,3H2,(H,6,7). The van der Waals surface area contributed by atoms with Gasteiger partial charge in [-0.2, -0.15) is 0 Å². The molecule has 1 aliphatic carbocycles. The smallest absolute Gasteiger partial charge is 0.369 e. The maximum Gasteiger partial charge on any atom is 0.369 e. The third-order valence-corrected chi connectivity index (χ3v) is 1.79. The third-order valence-electron chi connectivity index (χ3n) is 0.981. The van der Waals surface area contributed by atoms with Crippen LogP contribution < -0.4 is 0 Å². The number of thioether (sulfide) groups is 1. The predicted octanol–water partition coefficient (Wildman–Crippen LogP) is 2.08. The first kappa shape index (κ1) is 5.69. The van der Waals surface area contributed by atoms with E-state index in [4.69, 9.17) is 5.11 Å². The van der Waals surface area contributed by atoms with Crippen LogP contribution in [-0.2, 0) is 0 Å². The molecule has 0 fully saturated rings. The van der Waals surface area contributed by atoms with Gasteiger partial charge in [-0.1, -0.05) is 6.08 Å². The maximum absolute atomic E-state index is 9.92. The Morgan fingerprint density at radius 2 is 2.50 bits per heavy atom. The van der Waals surface area contributed by atoms with Gasteiger partial charge in [0.1, 0.15) is 0 Å². The number of rotatable bonds is 1. The first-order chi connectivity index (χ1) is 3.79. The van der Waals surface area contributed by atoms with Gasteiger partial charge in [-0.25, -0.2) is 4.79 Å². The Hall–Kier alpha value is -0.440. The molecule has 1 rings (SSSR count). The van der Waals surface area contributed by atoms with Gasteiger partial charge in [0, 0.05) is 0 Å². The van der Waals surface area contributed by atoms with Crippen molar-refractivity contribution in [2.75, 3.05) is 0 Å². The highest BCUT2D eigenvalue weighted by Crippen LogP contribution is 2.29. The van der Waals surface area contributed by atoms with Crippen molar-refractivity contribution in [3.63, 3.8) is 0 Å². The lowest BCUT2D eigenvalue weighted by Crippen LogP contribution is -1.92. The van der Waals surface area contributed by atoms with E-state index in [0.717, 1.165) is 29.5 Å². The van der Waals surface area contributed by atoms with Gasteiger partial charge < -0.3 is 5.11 Å². The highest BCUT2D eigenvalue weighted by molar-refractivity contribution is 8.16. The van der Waals surface area contributed by atoms with Gasteiger partial charge in [-0.15, -0.1) is 0 Å². The van der Waals surface area contributed by atoms with Crippen LogP contribution in [-0.4, -0.2) is 10.4 Å². The zero-order valence-electron chi connectivity index (χ0n) is 4.26. The minimum absolute atomic E-state index is 0.795. The van der Waals surface area contributed by atoms with E-state index in [1.807, 2.05) is 6.08 Å². The number of hydrogen-bond donors (Lipinski definition) is 1. The highest BCUT2D eigenvalue weighted by atomic mass is 32.2. The van der Waals surface area contributed by atoms with Crippen molar-refractivity contribution in [1.82, 2.24) is 0 Å². The minimum atomic E-state index is -0.795. The van der Waals surface area contributed by atoms with Crippen LogP contribution in [0.2, 0.25) is 0 Å². The normalized spacial score (nSPS) is 16.8. The molecule has 0 bridgehead atoms. The molecule has 0 saturated carbocycles. The summed E-state index contributed by atoms with van der Waals surface area (Å²) in [5.74, 6) is 0. The summed E-state index contributed by atoms with van der Waals surface area (Å²) in [7, 11) is 0. The van der Waals surface area contributed by atoms with Crippen LogP contribution in [0, 0.1) is 0 Å². The molecule has 0 unspecified atom stereocenters. The maximum atomic E-state index is 9.92. The topological polar surface area (TPSA) is 37.3 Å². The van der Waals surface area contributed by atoms with Crippen LogP contribution in [0.25, 0.3) is 0 Å². The predicted molar refractivity (Wildman–Crippen MR) is 32.9 cm³/mol. The summed E-state index contributed by atoms with van der Waals surface area (Å²) in [5.41, 5.74) is 0. The summed E-state index contributed by atoms with van der Waals surface area (Å²) in [6.45, 7) is 0. The summed E-state index contributed by atoms with van der Waals surface area (Å²) < 4.78 is 0. The molecular formula is C5H6O2S. The minimum Gasteiger partial charge on any atom is -0.473 e. The van der Waals surface area contributed by atoms with Gasteiger partial charge in [-0.3, -0.25) is 0 Å². The summed E-state index contributed by atoms with van der Waals surface area (Å²) >= 11 is 0.919. The second-order valence-electron chi connectivity index (χ2n) is 1.58. The molecule has 0 amide bonds. The molecule has 8 heavy (non-hydrogen) atoms. The van der Waals surface area contributed by atoms with E-state index >= 15 is 0 Å². The molecule has 0 aromatic carbocycles. The van der Waals surface area contributed by atoms with Gasteiger partial charge in [0.25, 0.3) is 0 Å². The third kappa shape index (κ3) is 1.26. The zero-order valence-corrected chi connectivity index (χ0v) is 5.07. The Bertz CT molecular complexity index is 139. The molecule has 2 nitrogen and oxygen atoms in total. The Morgan fingerprint density at radius 3 is 2.62 bits per heavy atom. The van der Waals surface area contributed by atoms with E-state index in [1.54, 1.807) is 0 Å². The fourth-order valence-electron chi connectivity index (χ4n) is 0.467. The fraction of sp³-hybridized carbons (Fsp3) is 0.400. The second kappa shape index (κ2) is 2.22. The molecule has 0 aromatic rings. The van der Waals surface area contributed by atoms with Crippen molar-refractivity contribution in [1.29, 1.82) is 0 Å². The fourth-order valence-corrected chi connectivity index (χ4v) is 1.11. The van der Waals surface area contributed by atoms with Crippen molar-refractivity contribution in [3.05, 3.63) is 11.0 Å². The molecule has 0 saturated heterocycles. The van der Waals surface area contributed by atoms with E-state index in [0.29, 0.717) is 0 Å². The van der Waals surface area contributed by atoms with Crippen LogP contribution in [0.4, 0.5) is 4.79 Å².